The first-order valence-electron chi connectivity index (χ1n) is 10.7. The van der Waals surface area contributed by atoms with Crippen molar-refractivity contribution in [2.75, 3.05) is 0 Å². The van der Waals surface area contributed by atoms with Gasteiger partial charge in [-0.1, -0.05) is 46.8 Å². The molecule has 1 aromatic rings. The molecule has 0 unspecified atom stereocenters. The molecule has 0 bridgehead atoms. The number of aliphatic hydroxyl groups excluding tert-OH is 2. The molecule has 0 spiro atoms. The Morgan fingerprint density at radius 2 is 1.72 bits per heavy atom. The molecule has 3 aliphatic rings. The molecule has 3 aliphatic carbocycles. The number of fused-ring (bicyclic) bond motifs is 3. The Kier molecular flexibility index (Phi) is 5.50. The van der Waals surface area contributed by atoms with E-state index in [9.17, 15) is 34.8 Å². The summed E-state index contributed by atoms with van der Waals surface area (Å²) < 4.78 is 0. The summed E-state index contributed by atoms with van der Waals surface area (Å²) in [6.07, 6.45) is 0.0773. The number of Topliss-reactive ketones (excluding diaryl/α,β-unsaturated/α-hetero) is 2. The molecular weight excluding hydrogens is 414 g/mol. The minimum atomic E-state index is -2.58. The second-order valence-corrected chi connectivity index (χ2v) is 8.75. The van der Waals surface area contributed by atoms with E-state index in [1.807, 2.05) is 20.8 Å². The Bertz CT molecular complexity index is 1100. The quantitative estimate of drug-likeness (QED) is 0.417. The summed E-state index contributed by atoms with van der Waals surface area (Å²) in [5, 5.41) is 43.4. The maximum absolute atomic E-state index is 13.6. The van der Waals surface area contributed by atoms with Gasteiger partial charge in [0.25, 0.3) is 5.91 Å². The van der Waals surface area contributed by atoms with Crippen LogP contribution in [0.15, 0.2) is 35.1 Å². The lowest BCUT2D eigenvalue weighted by Crippen LogP contribution is -2.63. The predicted molar refractivity (Wildman–Crippen MR) is 117 cm³/mol. The van der Waals surface area contributed by atoms with E-state index < -0.39 is 57.4 Å². The predicted octanol–water partition coefficient (Wildman–Crippen LogP) is 2.65. The molecule has 5 atom stereocenters. The molecule has 0 aliphatic heterocycles. The molecule has 172 valence electrons. The molecule has 1 saturated carbocycles. The van der Waals surface area contributed by atoms with Crippen molar-refractivity contribution in [2.45, 2.75) is 52.6 Å². The summed E-state index contributed by atoms with van der Waals surface area (Å²) in [4.78, 5) is 38.1. The van der Waals surface area contributed by atoms with Crippen LogP contribution in [0.3, 0.4) is 0 Å². The normalized spacial score (nSPS) is 33.6. The zero-order valence-electron chi connectivity index (χ0n) is 18.8. The van der Waals surface area contributed by atoms with Crippen molar-refractivity contribution in [1.29, 1.82) is 0 Å². The first kappa shape index (κ1) is 23.5. The highest BCUT2D eigenvalue weighted by molar-refractivity contribution is 6.23. The van der Waals surface area contributed by atoms with Crippen LogP contribution in [0.25, 0.3) is 5.76 Å². The number of rotatable bonds is 1. The van der Waals surface area contributed by atoms with Crippen LogP contribution in [0.4, 0.5) is 0 Å². The van der Waals surface area contributed by atoms with Gasteiger partial charge in [-0.15, -0.1) is 0 Å². The molecule has 0 heterocycles. The molecule has 1 amide bonds. The number of ketones is 2. The van der Waals surface area contributed by atoms with Gasteiger partial charge in [0.1, 0.15) is 22.8 Å². The zero-order valence-corrected chi connectivity index (χ0v) is 18.8. The van der Waals surface area contributed by atoms with Crippen LogP contribution >= 0.6 is 0 Å². The van der Waals surface area contributed by atoms with E-state index in [2.05, 4.69) is 0 Å². The number of amides is 1. The fourth-order valence-electron chi connectivity index (χ4n) is 5.52. The maximum atomic E-state index is 13.6. The van der Waals surface area contributed by atoms with Gasteiger partial charge in [0.05, 0.1) is 5.56 Å². The van der Waals surface area contributed by atoms with E-state index >= 15 is 0 Å². The molecule has 1 fully saturated rings. The minimum absolute atomic E-state index is 0.0773. The maximum Gasteiger partial charge on any atom is 0.255 e. The van der Waals surface area contributed by atoms with E-state index in [0.717, 1.165) is 0 Å². The Labute approximate surface area is 186 Å². The monoisotopic (exact) mass is 443 g/mol. The Balaban J connectivity index is 0.00000141. The number of nitrogens with two attached hydrogens (primary N) is 1. The van der Waals surface area contributed by atoms with E-state index in [-0.39, 0.29) is 29.2 Å². The molecule has 0 radical (unpaired) electrons. The second kappa shape index (κ2) is 7.48. The molecule has 4 rings (SSSR count). The highest BCUT2D eigenvalue weighted by atomic mass is 16.3. The average molecular weight is 443 g/mol. The van der Waals surface area contributed by atoms with Crippen molar-refractivity contribution in [1.82, 2.24) is 0 Å². The topological polar surface area (TPSA) is 158 Å². The number of aromatic hydroxyl groups is 1. The van der Waals surface area contributed by atoms with Gasteiger partial charge in [-0.3, -0.25) is 14.4 Å². The number of benzene rings is 1. The van der Waals surface area contributed by atoms with Crippen LogP contribution in [0.5, 0.6) is 5.75 Å². The zero-order chi connectivity index (χ0) is 24.3. The van der Waals surface area contributed by atoms with Crippen LogP contribution in [0.1, 0.15) is 58.1 Å². The number of carbonyl (C=O) groups excluding carboxylic acids is 3. The first-order chi connectivity index (χ1) is 14.9. The highest BCUT2D eigenvalue weighted by Gasteiger charge is 2.66. The Morgan fingerprint density at radius 3 is 2.28 bits per heavy atom. The summed E-state index contributed by atoms with van der Waals surface area (Å²) in [6, 6.07) is 4.74. The van der Waals surface area contributed by atoms with Crippen molar-refractivity contribution >= 4 is 23.2 Å². The first-order valence-corrected chi connectivity index (χ1v) is 10.7. The van der Waals surface area contributed by atoms with E-state index in [1.165, 1.54) is 13.0 Å². The van der Waals surface area contributed by atoms with Gasteiger partial charge >= 0.3 is 0 Å². The third-order valence-corrected chi connectivity index (χ3v) is 7.40. The van der Waals surface area contributed by atoms with Crippen molar-refractivity contribution in [3.05, 3.63) is 46.2 Å². The second-order valence-electron chi connectivity index (χ2n) is 8.75. The number of phenolic OH excluding ortho intramolecular Hbond substituents is 1. The fourth-order valence-corrected chi connectivity index (χ4v) is 5.52. The number of hydrogen-bond donors (Lipinski definition) is 5. The van der Waals surface area contributed by atoms with Gasteiger partial charge in [-0.2, -0.15) is 0 Å². The van der Waals surface area contributed by atoms with Crippen molar-refractivity contribution in [2.24, 2.45) is 23.0 Å². The molecule has 8 heteroatoms. The third-order valence-electron chi connectivity index (χ3n) is 7.40. The summed E-state index contributed by atoms with van der Waals surface area (Å²) in [5.74, 6) is -7.11. The Hall–Kier alpha value is -3.13. The summed E-state index contributed by atoms with van der Waals surface area (Å²) in [6.45, 7) is 9.06. The summed E-state index contributed by atoms with van der Waals surface area (Å²) in [7, 11) is 0. The lowest BCUT2D eigenvalue weighted by atomic mass is 9.49. The van der Waals surface area contributed by atoms with Gasteiger partial charge in [-0.25, -0.2) is 0 Å². The molecule has 1 aromatic carbocycles. The molecular formula is C24H29NO7. The van der Waals surface area contributed by atoms with E-state index in [4.69, 9.17) is 5.73 Å². The van der Waals surface area contributed by atoms with Crippen LogP contribution in [0.2, 0.25) is 0 Å². The minimum Gasteiger partial charge on any atom is -0.508 e. The molecule has 32 heavy (non-hydrogen) atoms. The SMILES string of the molecule is CC.C[C@@H]1C(=O)C(C(N)=O)=C(O)[C@@]2(O)C(=O)C3=C(O)c4c(O)cccc4[C@H](C)[C@@]3(C)C[C@@H]12. The fraction of sp³-hybridized carbons (Fsp3) is 0.458. The lowest BCUT2D eigenvalue weighted by Gasteiger charge is -2.54. The number of phenols is 1. The van der Waals surface area contributed by atoms with Gasteiger partial charge in [0.15, 0.2) is 11.4 Å². The van der Waals surface area contributed by atoms with Gasteiger partial charge in [0, 0.05) is 22.8 Å². The average Bonchev–Trinajstić information content (AvgIpc) is 2.74. The standard InChI is InChI=1S/C22H23NO7.C2H6/c1-8-11-7-21(3)9(2)10-5-4-6-12(24)13(10)17(26)15(21)19(28)22(11,30)18(27)14(16(8)25)20(23)29;1-2/h4-6,8-9,11,24,26-27,30H,7H2,1-3H3,(H2,23,29);1-2H3/t8-,9-,11-,21+,22+;/m0./s1. The van der Waals surface area contributed by atoms with Gasteiger partial charge in [-0.05, 0) is 24.0 Å². The van der Waals surface area contributed by atoms with Crippen LogP contribution < -0.4 is 5.73 Å². The molecule has 0 saturated heterocycles. The number of primary amides is 1. The largest absolute Gasteiger partial charge is 0.508 e. The smallest absolute Gasteiger partial charge is 0.255 e. The van der Waals surface area contributed by atoms with Gasteiger partial charge in [0.2, 0.25) is 5.78 Å². The third kappa shape index (κ3) is 2.68. The summed E-state index contributed by atoms with van der Waals surface area (Å²) in [5.41, 5.74) is 1.43. The molecule has 6 N–H and O–H groups in total. The molecule has 8 nitrogen and oxygen atoms in total. The van der Waals surface area contributed by atoms with Crippen LogP contribution in [0, 0.1) is 17.3 Å². The van der Waals surface area contributed by atoms with Crippen molar-refractivity contribution in [3.63, 3.8) is 0 Å². The van der Waals surface area contributed by atoms with Crippen molar-refractivity contribution < 1.29 is 34.8 Å². The van der Waals surface area contributed by atoms with Crippen LogP contribution in [-0.2, 0) is 14.4 Å². The lowest BCUT2D eigenvalue weighted by molar-refractivity contribution is -0.155. The summed E-state index contributed by atoms with van der Waals surface area (Å²) >= 11 is 0. The highest BCUT2D eigenvalue weighted by Crippen LogP contribution is 2.62. The van der Waals surface area contributed by atoms with Gasteiger partial charge < -0.3 is 26.2 Å². The molecule has 0 aromatic heterocycles. The number of carbonyl (C=O) groups is 3. The van der Waals surface area contributed by atoms with Crippen molar-refractivity contribution in [3.8, 4) is 5.75 Å². The van der Waals surface area contributed by atoms with E-state index in [1.54, 1.807) is 19.1 Å². The van der Waals surface area contributed by atoms with Crippen LogP contribution in [-0.4, -0.2) is 43.5 Å². The Morgan fingerprint density at radius 1 is 1.12 bits per heavy atom. The van der Waals surface area contributed by atoms with E-state index in [0.29, 0.717) is 5.56 Å². The number of aliphatic hydroxyl groups is 3. The number of hydrogen-bond acceptors (Lipinski definition) is 7.